The van der Waals surface area contributed by atoms with E-state index < -0.39 is 12.0 Å². The number of nitrogens with zero attached hydrogens (tertiary/aromatic N) is 2. The number of carbonyl (C=O) groups excluding carboxylic acids is 2. The predicted octanol–water partition coefficient (Wildman–Crippen LogP) is 4.29. The van der Waals surface area contributed by atoms with Crippen LogP contribution in [0.1, 0.15) is 45.6 Å². The van der Waals surface area contributed by atoms with Gasteiger partial charge in [0.15, 0.2) is 4.80 Å². The second kappa shape index (κ2) is 11.4. The fraction of sp³-hybridized carbons (Fsp3) is 0.188. The van der Waals surface area contributed by atoms with Crippen molar-refractivity contribution in [3.8, 4) is 5.75 Å². The molecule has 0 fully saturated rings. The monoisotopic (exact) mass is 567 g/mol. The van der Waals surface area contributed by atoms with Gasteiger partial charge in [0.25, 0.3) is 11.5 Å². The number of rotatable bonds is 6. The van der Waals surface area contributed by atoms with Gasteiger partial charge in [-0.1, -0.05) is 53.3 Å². The third-order valence-electron chi connectivity index (χ3n) is 6.96. The van der Waals surface area contributed by atoms with E-state index in [1.165, 1.54) is 18.4 Å². The van der Waals surface area contributed by atoms with Crippen LogP contribution in [0.15, 0.2) is 87.8 Å². The molecule has 1 aromatic heterocycles. The molecule has 1 amide bonds. The lowest BCUT2D eigenvalue weighted by molar-refractivity contribution is -0.113. The molecule has 41 heavy (non-hydrogen) atoms. The molecule has 0 aliphatic carbocycles. The third kappa shape index (κ3) is 5.49. The first-order valence-corrected chi connectivity index (χ1v) is 13.7. The number of thiazole rings is 1. The highest BCUT2D eigenvalue weighted by molar-refractivity contribution is 7.07. The second-order valence-corrected chi connectivity index (χ2v) is 10.8. The van der Waals surface area contributed by atoms with Crippen LogP contribution in [0.4, 0.5) is 5.69 Å². The molecule has 1 aliphatic rings. The summed E-state index contributed by atoms with van der Waals surface area (Å²) in [6.07, 6.45) is 1.75. The molecule has 3 aromatic carbocycles. The molecule has 208 valence electrons. The quantitative estimate of drug-likeness (QED) is 0.351. The Labute approximate surface area is 240 Å². The van der Waals surface area contributed by atoms with E-state index in [-0.39, 0.29) is 11.5 Å². The number of hydrogen-bond acceptors (Lipinski definition) is 7. The highest BCUT2D eigenvalue weighted by Gasteiger charge is 2.32. The number of aromatic nitrogens is 1. The van der Waals surface area contributed by atoms with Crippen LogP contribution in [-0.2, 0) is 9.53 Å². The molecule has 8 nitrogen and oxygen atoms in total. The van der Waals surface area contributed by atoms with Gasteiger partial charge < -0.3 is 14.8 Å². The van der Waals surface area contributed by atoms with Crippen molar-refractivity contribution in [3.63, 3.8) is 0 Å². The predicted molar refractivity (Wildman–Crippen MR) is 159 cm³/mol. The lowest BCUT2D eigenvalue weighted by Crippen LogP contribution is -2.40. The minimum Gasteiger partial charge on any atom is -0.497 e. The summed E-state index contributed by atoms with van der Waals surface area (Å²) in [5.74, 6) is -0.0947. The molecule has 0 bridgehead atoms. The number of hydrogen-bond donors (Lipinski definition) is 1. The normalized spacial score (nSPS) is 14.8. The van der Waals surface area contributed by atoms with Gasteiger partial charge in [-0.25, -0.2) is 9.79 Å². The first-order valence-electron chi connectivity index (χ1n) is 12.9. The molecule has 1 N–H and O–H groups in total. The number of allylic oxidation sites excluding steroid dienone is 1. The van der Waals surface area contributed by atoms with Gasteiger partial charge >= 0.3 is 5.97 Å². The first-order chi connectivity index (χ1) is 19.7. The van der Waals surface area contributed by atoms with E-state index in [1.54, 1.807) is 48.9 Å². The van der Waals surface area contributed by atoms with E-state index >= 15 is 0 Å². The van der Waals surface area contributed by atoms with Gasteiger partial charge in [-0.05, 0) is 73.9 Å². The number of esters is 1. The number of carbonyl (C=O) groups is 2. The summed E-state index contributed by atoms with van der Waals surface area (Å²) in [4.78, 5) is 44.7. The molecular formula is C32H29N3O5S. The highest BCUT2D eigenvalue weighted by Crippen LogP contribution is 2.32. The highest BCUT2D eigenvalue weighted by atomic mass is 32.1. The van der Waals surface area contributed by atoms with Crippen molar-refractivity contribution in [2.24, 2.45) is 4.99 Å². The van der Waals surface area contributed by atoms with Gasteiger partial charge in [0.05, 0.1) is 41.6 Å². The van der Waals surface area contributed by atoms with Crippen molar-refractivity contribution in [1.82, 2.24) is 4.57 Å². The average molecular weight is 568 g/mol. The van der Waals surface area contributed by atoms with E-state index in [9.17, 15) is 14.4 Å². The molecule has 2 heterocycles. The Morgan fingerprint density at radius 1 is 0.976 bits per heavy atom. The summed E-state index contributed by atoms with van der Waals surface area (Å²) >= 11 is 1.25. The van der Waals surface area contributed by atoms with Gasteiger partial charge in [-0.3, -0.25) is 14.2 Å². The molecule has 1 aliphatic heterocycles. The van der Waals surface area contributed by atoms with E-state index in [0.29, 0.717) is 37.6 Å². The minimum absolute atomic E-state index is 0.268. The van der Waals surface area contributed by atoms with E-state index in [2.05, 4.69) is 5.32 Å². The summed E-state index contributed by atoms with van der Waals surface area (Å²) in [6.45, 7) is 5.73. The smallest absolute Gasteiger partial charge is 0.337 e. The van der Waals surface area contributed by atoms with E-state index in [4.69, 9.17) is 14.5 Å². The summed E-state index contributed by atoms with van der Waals surface area (Å²) in [5, 5.41) is 3.04. The van der Waals surface area contributed by atoms with Gasteiger partial charge in [-0.2, -0.15) is 0 Å². The van der Waals surface area contributed by atoms with Gasteiger partial charge in [0.1, 0.15) is 5.75 Å². The molecule has 4 aromatic rings. The lowest BCUT2D eigenvalue weighted by atomic mass is 9.95. The Hall–Kier alpha value is -4.76. The van der Waals surface area contributed by atoms with Crippen molar-refractivity contribution >= 4 is 35.0 Å². The lowest BCUT2D eigenvalue weighted by Gasteiger charge is -2.25. The van der Waals surface area contributed by atoms with Crippen molar-refractivity contribution in [3.05, 3.63) is 126 Å². The summed E-state index contributed by atoms with van der Waals surface area (Å²) in [6, 6.07) is 19.2. The molecule has 1 atom stereocenters. The van der Waals surface area contributed by atoms with Crippen LogP contribution >= 0.6 is 11.3 Å². The molecule has 5 rings (SSSR count). The fourth-order valence-electron chi connectivity index (χ4n) is 4.84. The number of aryl methyl sites for hydroxylation is 2. The maximum absolute atomic E-state index is 13.9. The topological polar surface area (TPSA) is 99.0 Å². The summed E-state index contributed by atoms with van der Waals surface area (Å²) in [7, 11) is 2.91. The number of anilines is 1. The number of methoxy groups -OCH3 is 2. The van der Waals surface area contributed by atoms with Crippen molar-refractivity contribution in [1.29, 1.82) is 0 Å². The summed E-state index contributed by atoms with van der Waals surface area (Å²) in [5.41, 5.74) is 5.29. The van der Waals surface area contributed by atoms with Gasteiger partial charge in [0, 0.05) is 5.69 Å². The van der Waals surface area contributed by atoms with Gasteiger partial charge in [0.2, 0.25) is 0 Å². The Morgan fingerprint density at radius 3 is 2.32 bits per heavy atom. The van der Waals surface area contributed by atoms with Crippen LogP contribution in [0.3, 0.4) is 0 Å². The number of amides is 1. The molecule has 0 radical (unpaired) electrons. The maximum Gasteiger partial charge on any atom is 0.337 e. The van der Waals surface area contributed by atoms with Crippen molar-refractivity contribution in [2.45, 2.75) is 26.8 Å². The zero-order valence-electron chi connectivity index (χ0n) is 23.3. The largest absolute Gasteiger partial charge is 0.497 e. The molecular weight excluding hydrogens is 538 g/mol. The van der Waals surface area contributed by atoms with Crippen LogP contribution in [0.2, 0.25) is 0 Å². The number of ether oxygens (including phenoxy) is 2. The Bertz CT molecular complexity index is 1870. The minimum atomic E-state index is -0.702. The number of benzene rings is 3. The number of nitrogens with one attached hydrogen (secondary N) is 1. The standard InChI is InChI=1S/C32H29N3O5S/c1-18-6-15-25(19(2)16-18)34-29(36)27-20(3)33-32-35(28(27)22-11-13-24(39-4)14-12-22)30(37)26(41-32)17-21-7-9-23(10-8-21)31(38)40-5/h6-17,28H,1-5H3,(H,34,36)/b26-17+/t28-/m1/s1. The Kier molecular flexibility index (Phi) is 7.72. The second-order valence-electron chi connectivity index (χ2n) is 9.74. The summed E-state index contributed by atoms with van der Waals surface area (Å²) < 4.78 is 12.1. The molecule has 0 saturated heterocycles. The fourth-order valence-corrected chi connectivity index (χ4v) is 5.89. The van der Waals surface area contributed by atoms with Crippen LogP contribution < -0.4 is 24.9 Å². The Morgan fingerprint density at radius 2 is 1.68 bits per heavy atom. The Balaban J connectivity index is 1.62. The van der Waals surface area contributed by atoms with Crippen molar-refractivity contribution < 1.29 is 19.1 Å². The molecule has 0 unspecified atom stereocenters. The average Bonchev–Trinajstić information content (AvgIpc) is 3.27. The van der Waals surface area contributed by atoms with Crippen LogP contribution in [0, 0.1) is 13.8 Å². The van der Waals surface area contributed by atoms with Gasteiger partial charge in [-0.15, -0.1) is 0 Å². The van der Waals surface area contributed by atoms with E-state index in [0.717, 1.165) is 22.3 Å². The zero-order valence-corrected chi connectivity index (χ0v) is 24.2. The molecule has 9 heteroatoms. The third-order valence-corrected chi connectivity index (χ3v) is 7.94. The van der Waals surface area contributed by atoms with Crippen LogP contribution in [0.5, 0.6) is 5.75 Å². The van der Waals surface area contributed by atoms with Crippen LogP contribution in [0.25, 0.3) is 6.08 Å². The van der Waals surface area contributed by atoms with Crippen LogP contribution in [-0.4, -0.2) is 30.7 Å². The number of fused-ring (bicyclic) bond motifs is 1. The zero-order chi connectivity index (χ0) is 29.3. The molecule has 0 saturated carbocycles. The molecule has 0 spiro atoms. The maximum atomic E-state index is 13.9. The first kappa shape index (κ1) is 27.8. The SMILES string of the molecule is COC(=O)c1ccc(/C=c2/sc3n(c2=O)[C@H](c2ccc(OC)cc2)C(C(=O)Nc2ccc(C)cc2C)=C(C)N=3)cc1. The van der Waals surface area contributed by atoms with E-state index in [1.807, 2.05) is 56.3 Å². The van der Waals surface area contributed by atoms with Crippen molar-refractivity contribution in [2.75, 3.05) is 19.5 Å².